The fourth-order valence-electron chi connectivity index (χ4n) is 3.29. The minimum absolute atomic E-state index is 0.0284. The van der Waals surface area contributed by atoms with Gasteiger partial charge in [-0.05, 0) is 31.1 Å². The van der Waals surface area contributed by atoms with Crippen molar-refractivity contribution in [2.45, 2.75) is 40.0 Å². The third kappa shape index (κ3) is 2.63. The smallest absolute Gasteiger partial charge is 0.320 e. The highest BCUT2D eigenvalue weighted by atomic mass is 16.4. The van der Waals surface area contributed by atoms with E-state index in [0.717, 1.165) is 25.9 Å². The zero-order valence-corrected chi connectivity index (χ0v) is 12.8. The zero-order chi connectivity index (χ0) is 14.9. The summed E-state index contributed by atoms with van der Waals surface area (Å²) in [5.41, 5.74) is -0.765. The Morgan fingerprint density at radius 1 is 1.15 bits per heavy atom. The van der Waals surface area contributed by atoms with Crippen molar-refractivity contribution >= 4 is 12.0 Å². The van der Waals surface area contributed by atoms with Crippen molar-refractivity contribution in [3.63, 3.8) is 0 Å². The number of piperidine rings is 1. The topological polar surface area (TPSA) is 60.9 Å². The van der Waals surface area contributed by atoms with Gasteiger partial charge in [-0.2, -0.15) is 0 Å². The molecular weight excluding hydrogens is 256 g/mol. The highest BCUT2D eigenvalue weighted by molar-refractivity contribution is 5.80. The molecule has 5 heteroatoms. The molecule has 114 valence electrons. The average molecular weight is 282 g/mol. The Morgan fingerprint density at radius 2 is 1.75 bits per heavy atom. The number of likely N-dealkylation sites (tertiary alicyclic amines) is 2. The standard InChI is InChI=1S/C15H26N2O3/c1-11(2)15(13(18)19)6-9-17(10-15)14(20)16-7-4-12(3)5-8-16/h11-12H,4-10H2,1-3H3,(H,18,19). The molecule has 2 amide bonds. The van der Waals surface area contributed by atoms with Gasteiger partial charge in [0.2, 0.25) is 0 Å². The molecule has 2 heterocycles. The summed E-state index contributed by atoms with van der Waals surface area (Å²) in [6, 6.07) is 0.0284. The molecule has 0 aromatic heterocycles. The largest absolute Gasteiger partial charge is 0.481 e. The van der Waals surface area contributed by atoms with Crippen LogP contribution in [-0.4, -0.2) is 53.1 Å². The van der Waals surface area contributed by atoms with Crippen LogP contribution in [-0.2, 0) is 4.79 Å². The summed E-state index contributed by atoms with van der Waals surface area (Å²) in [5, 5.41) is 9.53. The first-order valence-corrected chi connectivity index (χ1v) is 7.64. The number of hydrogen-bond donors (Lipinski definition) is 1. The zero-order valence-electron chi connectivity index (χ0n) is 12.8. The molecule has 0 spiro atoms. The molecular formula is C15H26N2O3. The van der Waals surface area contributed by atoms with Crippen molar-refractivity contribution in [2.75, 3.05) is 26.2 Å². The van der Waals surface area contributed by atoms with Crippen LogP contribution in [0.4, 0.5) is 4.79 Å². The van der Waals surface area contributed by atoms with Gasteiger partial charge >= 0.3 is 12.0 Å². The number of carboxylic acid groups (broad SMARTS) is 1. The van der Waals surface area contributed by atoms with E-state index in [4.69, 9.17) is 0 Å². The van der Waals surface area contributed by atoms with E-state index >= 15 is 0 Å². The predicted octanol–water partition coefficient (Wildman–Crippen LogP) is 2.27. The van der Waals surface area contributed by atoms with E-state index in [1.54, 1.807) is 4.90 Å². The van der Waals surface area contributed by atoms with Gasteiger partial charge in [-0.1, -0.05) is 20.8 Å². The monoisotopic (exact) mass is 282 g/mol. The van der Waals surface area contributed by atoms with E-state index in [0.29, 0.717) is 25.4 Å². The van der Waals surface area contributed by atoms with Gasteiger partial charge in [0.15, 0.2) is 0 Å². The molecule has 1 unspecified atom stereocenters. The van der Waals surface area contributed by atoms with Crippen molar-refractivity contribution < 1.29 is 14.7 Å². The van der Waals surface area contributed by atoms with Crippen molar-refractivity contribution in [2.24, 2.45) is 17.3 Å². The quantitative estimate of drug-likeness (QED) is 0.845. The molecule has 1 atom stereocenters. The molecule has 0 bridgehead atoms. The average Bonchev–Trinajstić information content (AvgIpc) is 2.85. The fraction of sp³-hybridized carbons (Fsp3) is 0.867. The van der Waals surface area contributed by atoms with Gasteiger partial charge in [0.25, 0.3) is 0 Å². The predicted molar refractivity (Wildman–Crippen MR) is 76.5 cm³/mol. The molecule has 2 fully saturated rings. The second-order valence-corrected chi connectivity index (χ2v) is 6.74. The Morgan fingerprint density at radius 3 is 2.20 bits per heavy atom. The molecule has 0 saturated carbocycles. The van der Waals surface area contributed by atoms with Crippen LogP contribution in [0.1, 0.15) is 40.0 Å². The van der Waals surface area contributed by atoms with E-state index < -0.39 is 11.4 Å². The maximum absolute atomic E-state index is 12.5. The minimum Gasteiger partial charge on any atom is -0.481 e. The van der Waals surface area contributed by atoms with Gasteiger partial charge in [-0.15, -0.1) is 0 Å². The van der Waals surface area contributed by atoms with Crippen molar-refractivity contribution in [3.05, 3.63) is 0 Å². The van der Waals surface area contributed by atoms with Gasteiger partial charge in [0.05, 0.1) is 5.41 Å². The summed E-state index contributed by atoms with van der Waals surface area (Å²) >= 11 is 0. The summed E-state index contributed by atoms with van der Waals surface area (Å²) in [7, 11) is 0. The van der Waals surface area contributed by atoms with E-state index in [-0.39, 0.29) is 11.9 Å². The lowest BCUT2D eigenvalue weighted by atomic mass is 9.76. The normalized spacial score (nSPS) is 28.2. The highest BCUT2D eigenvalue weighted by Crippen LogP contribution is 2.38. The number of carbonyl (C=O) groups excluding carboxylic acids is 1. The lowest BCUT2D eigenvalue weighted by Crippen LogP contribution is -2.47. The molecule has 2 aliphatic heterocycles. The van der Waals surface area contributed by atoms with Gasteiger partial charge in [-0.3, -0.25) is 4.79 Å². The Hall–Kier alpha value is -1.26. The van der Waals surface area contributed by atoms with Crippen LogP contribution in [0, 0.1) is 17.3 Å². The minimum atomic E-state index is -0.768. The molecule has 0 aliphatic carbocycles. The Labute approximate surface area is 120 Å². The second-order valence-electron chi connectivity index (χ2n) is 6.74. The van der Waals surface area contributed by atoms with E-state index in [2.05, 4.69) is 6.92 Å². The summed E-state index contributed by atoms with van der Waals surface area (Å²) in [6.45, 7) is 8.61. The van der Waals surface area contributed by atoms with Gasteiger partial charge in [0.1, 0.15) is 0 Å². The first-order valence-electron chi connectivity index (χ1n) is 7.64. The number of carbonyl (C=O) groups is 2. The van der Waals surface area contributed by atoms with E-state index in [1.807, 2.05) is 18.7 Å². The summed E-state index contributed by atoms with van der Waals surface area (Å²) in [6.07, 6.45) is 2.66. The molecule has 5 nitrogen and oxygen atoms in total. The molecule has 2 rings (SSSR count). The van der Waals surface area contributed by atoms with Gasteiger partial charge in [-0.25, -0.2) is 4.79 Å². The van der Waals surface area contributed by atoms with E-state index in [1.165, 1.54) is 0 Å². The molecule has 20 heavy (non-hydrogen) atoms. The van der Waals surface area contributed by atoms with Crippen molar-refractivity contribution in [1.82, 2.24) is 9.80 Å². The van der Waals surface area contributed by atoms with Gasteiger partial charge in [0, 0.05) is 26.2 Å². The van der Waals surface area contributed by atoms with Gasteiger partial charge < -0.3 is 14.9 Å². The third-order valence-electron chi connectivity index (χ3n) is 5.16. The SMILES string of the molecule is CC1CCN(C(=O)N2CCC(C(=O)O)(C(C)C)C2)CC1. The third-order valence-corrected chi connectivity index (χ3v) is 5.16. The van der Waals surface area contributed by atoms with Crippen LogP contribution in [0.15, 0.2) is 0 Å². The Kier molecular flexibility index (Phi) is 4.25. The fourth-order valence-corrected chi connectivity index (χ4v) is 3.29. The summed E-state index contributed by atoms with van der Waals surface area (Å²) in [4.78, 5) is 27.7. The van der Waals surface area contributed by atoms with Crippen LogP contribution in [0.5, 0.6) is 0 Å². The lowest BCUT2D eigenvalue weighted by Gasteiger charge is -2.34. The van der Waals surface area contributed by atoms with Crippen molar-refractivity contribution in [3.8, 4) is 0 Å². The molecule has 0 radical (unpaired) electrons. The van der Waals surface area contributed by atoms with Crippen molar-refractivity contribution in [1.29, 1.82) is 0 Å². The van der Waals surface area contributed by atoms with Crippen LogP contribution in [0.2, 0.25) is 0 Å². The molecule has 2 saturated heterocycles. The molecule has 1 N–H and O–H groups in total. The number of amides is 2. The number of urea groups is 1. The second kappa shape index (κ2) is 5.62. The molecule has 2 aliphatic rings. The number of rotatable bonds is 2. The Bertz CT molecular complexity index is 389. The Balaban J connectivity index is 2.01. The van der Waals surface area contributed by atoms with E-state index in [9.17, 15) is 14.7 Å². The maximum atomic E-state index is 12.5. The number of nitrogens with zero attached hydrogens (tertiary/aromatic N) is 2. The molecule has 0 aromatic carbocycles. The number of hydrogen-bond acceptors (Lipinski definition) is 2. The lowest BCUT2D eigenvalue weighted by molar-refractivity contribution is -0.150. The first-order chi connectivity index (χ1) is 9.36. The maximum Gasteiger partial charge on any atom is 0.320 e. The molecule has 0 aromatic rings. The van der Waals surface area contributed by atoms with Crippen LogP contribution in [0.25, 0.3) is 0 Å². The summed E-state index contributed by atoms with van der Waals surface area (Å²) < 4.78 is 0. The summed E-state index contributed by atoms with van der Waals surface area (Å²) in [5.74, 6) is -0.0411. The highest BCUT2D eigenvalue weighted by Gasteiger charge is 2.49. The number of aliphatic carboxylic acids is 1. The first kappa shape index (κ1) is 15.1. The van der Waals surface area contributed by atoms with Crippen LogP contribution in [0.3, 0.4) is 0 Å². The van der Waals surface area contributed by atoms with Crippen LogP contribution < -0.4 is 0 Å². The number of carboxylic acids is 1. The van der Waals surface area contributed by atoms with Crippen LogP contribution >= 0.6 is 0 Å².